The van der Waals surface area contributed by atoms with E-state index in [4.69, 9.17) is 5.73 Å². The summed E-state index contributed by atoms with van der Waals surface area (Å²) in [7, 11) is 0. The molecular weight excluding hydrogens is 309 g/mol. The summed E-state index contributed by atoms with van der Waals surface area (Å²) >= 11 is 0. The number of anilines is 1. The molecule has 1 aliphatic heterocycles. The van der Waals surface area contributed by atoms with E-state index in [1.807, 2.05) is 37.3 Å². The molecule has 2 aromatic rings. The fourth-order valence-electron chi connectivity index (χ4n) is 3.09. The fourth-order valence-corrected chi connectivity index (χ4v) is 3.09. The second kappa shape index (κ2) is 6.31. The van der Waals surface area contributed by atoms with Gasteiger partial charge < -0.3 is 16.0 Å². The zero-order chi connectivity index (χ0) is 17.3. The summed E-state index contributed by atoms with van der Waals surface area (Å²) < 4.78 is 13.7. The van der Waals surface area contributed by atoms with Gasteiger partial charge in [0.1, 0.15) is 11.9 Å². The molecule has 0 unspecified atom stereocenters. The molecule has 2 aromatic carbocycles. The van der Waals surface area contributed by atoms with Crippen molar-refractivity contribution >= 4 is 17.6 Å². The summed E-state index contributed by atoms with van der Waals surface area (Å²) in [5.74, 6) is -0.712. The van der Waals surface area contributed by atoms with Crippen LogP contribution in [0.3, 0.4) is 0 Å². The maximum atomic E-state index is 13.7. The zero-order valence-electron chi connectivity index (χ0n) is 13.2. The number of urea groups is 1. The Hall–Kier alpha value is -2.89. The normalized spacial score (nSPS) is 18.0. The SMILES string of the molecule is C[C@@H](c1ccccc1)N1C(=O)[C@H](NC(N)=O)Cc2ccc(F)cc21. The van der Waals surface area contributed by atoms with Gasteiger partial charge >= 0.3 is 6.03 Å². The highest BCUT2D eigenvalue weighted by molar-refractivity contribution is 6.02. The monoisotopic (exact) mass is 327 g/mol. The van der Waals surface area contributed by atoms with Crippen LogP contribution in [0.2, 0.25) is 0 Å². The smallest absolute Gasteiger partial charge is 0.312 e. The van der Waals surface area contributed by atoms with Gasteiger partial charge in [-0.3, -0.25) is 4.79 Å². The van der Waals surface area contributed by atoms with Crippen molar-refractivity contribution in [1.82, 2.24) is 5.32 Å². The van der Waals surface area contributed by atoms with Gasteiger partial charge in [-0.2, -0.15) is 0 Å². The van der Waals surface area contributed by atoms with Crippen LogP contribution in [-0.4, -0.2) is 18.0 Å². The van der Waals surface area contributed by atoms with Crippen molar-refractivity contribution < 1.29 is 14.0 Å². The van der Waals surface area contributed by atoms with Gasteiger partial charge in [0, 0.05) is 6.42 Å². The van der Waals surface area contributed by atoms with E-state index in [1.54, 1.807) is 6.07 Å². The number of halogens is 1. The molecule has 0 fully saturated rings. The maximum Gasteiger partial charge on any atom is 0.312 e. The Morgan fingerprint density at radius 3 is 2.67 bits per heavy atom. The first-order valence-corrected chi connectivity index (χ1v) is 7.70. The highest BCUT2D eigenvalue weighted by Crippen LogP contribution is 2.35. The molecule has 3 rings (SSSR count). The minimum Gasteiger partial charge on any atom is -0.352 e. The maximum absolute atomic E-state index is 13.7. The molecule has 24 heavy (non-hydrogen) atoms. The number of carbonyl (C=O) groups is 2. The minimum atomic E-state index is -0.758. The van der Waals surface area contributed by atoms with Gasteiger partial charge in [-0.25, -0.2) is 9.18 Å². The predicted molar refractivity (Wildman–Crippen MR) is 89.0 cm³/mol. The van der Waals surface area contributed by atoms with Gasteiger partial charge in [0.05, 0.1) is 11.7 Å². The Bertz CT molecular complexity index is 779. The number of nitrogens with two attached hydrogens (primary N) is 1. The molecule has 0 saturated heterocycles. The average molecular weight is 327 g/mol. The summed E-state index contributed by atoms with van der Waals surface area (Å²) in [6.07, 6.45) is 0.287. The van der Waals surface area contributed by atoms with E-state index in [1.165, 1.54) is 17.0 Å². The molecule has 0 aromatic heterocycles. The van der Waals surface area contributed by atoms with Crippen LogP contribution in [0.15, 0.2) is 48.5 Å². The van der Waals surface area contributed by atoms with Crippen LogP contribution in [0.1, 0.15) is 24.1 Å². The quantitative estimate of drug-likeness (QED) is 0.909. The van der Waals surface area contributed by atoms with Crippen molar-refractivity contribution in [2.75, 3.05) is 4.90 Å². The average Bonchev–Trinajstić information content (AvgIpc) is 2.56. The Kier molecular flexibility index (Phi) is 4.20. The second-order valence-corrected chi connectivity index (χ2v) is 5.83. The number of amides is 3. The molecule has 0 spiro atoms. The van der Waals surface area contributed by atoms with E-state index in [9.17, 15) is 14.0 Å². The van der Waals surface area contributed by atoms with E-state index >= 15 is 0 Å². The molecule has 0 saturated carbocycles. The highest BCUT2D eigenvalue weighted by Gasteiger charge is 2.36. The number of nitrogens with zero attached hydrogens (tertiary/aromatic N) is 1. The van der Waals surface area contributed by atoms with Gasteiger partial charge in [-0.1, -0.05) is 36.4 Å². The minimum absolute atomic E-state index is 0.287. The third-order valence-corrected chi connectivity index (χ3v) is 4.25. The summed E-state index contributed by atoms with van der Waals surface area (Å²) in [5, 5.41) is 2.48. The van der Waals surface area contributed by atoms with Crippen LogP contribution in [-0.2, 0) is 11.2 Å². The Labute approximate surface area is 139 Å². The first kappa shape index (κ1) is 16.0. The van der Waals surface area contributed by atoms with Crippen molar-refractivity contribution in [2.24, 2.45) is 5.73 Å². The Morgan fingerprint density at radius 2 is 2.00 bits per heavy atom. The molecule has 5 nitrogen and oxygen atoms in total. The van der Waals surface area contributed by atoms with Gasteiger partial charge in [-0.15, -0.1) is 0 Å². The van der Waals surface area contributed by atoms with Crippen LogP contribution in [0.25, 0.3) is 0 Å². The van der Waals surface area contributed by atoms with Gasteiger partial charge in [0.25, 0.3) is 5.91 Å². The molecule has 0 radical (unpaired) electrons. The van der Waals surface area contributed by atoms with Crippen molar-refractivity contribution in [3.8, 4) is 0 Å². The van der Waals surface area contributed by atoms with Crippen LogP contribution < -0.4 is 16.0 Å². The summed E-state index contributed by atoms with van der Waals surface area (Å²) in [6, 6.07) is 12.0. The molecule has 1 heterocycles. The van der Waals surface area contributed by atoms with Crippen molar-refractivity contribution in [1.29, 1.82) is 0 Å². The fraction of sp³-hybridized carbons (Fsp3) is 0.222. The van der Waals surface area contributed by atoms with Gasteiger partial charge in [-0.05, 0) is 30.2 Å². The van der Waals surface area contributed by atoms with E-state index in [0.29, 0.717) is 5.69 Å². The number of carbonyl (C=O) groups excluding carboxylic acids is 2. The lowest BCUT2D eigenvalue weighted by molar-refractivity contribution is -0.121. The van der Waals surface area contributed by atoms with Crippen LogP contribution in [0.4, 0.5) is 14.9 Å². The van der Waals surface area contributed by atoms with Crippen LogP contribution >= 0.6 is 0 Å². The Morgan fingerprint density at radius 1 is 1.29 bits per heavy atom. The number of rotatable bonds is 3. The summed E-state index contributed by atoms with van der Waals surface area (Å²) in [6.45, 7) is 1.87. The highest BCUT2D eigenvalue weighted by atomic mass is 19.1. The van der Waals surface area contributed by atoms with Crippen LogP contribution in [0, 0.1) is 5.82 Å². The molecule has 6 heteroatoms. The van der Waals surface area contributed by atoms with Crippen molar-refractivity contribution in [3.05, 3.63) is 65.5 Å². The second-order valence-electron chi connectivity index (χ2n) is 5.83. The number of primary amides is 1. The molecule has 124 valence electrons. The molecule has 0 bridgehead atoms. The number of hydrogen-bond acceptors (Lipinski definition) is 2. The van der Waals surface area contributed by atoms with Crippen LogP contribution in [0.5, 0.6) is 0 Å². The topological polar surface area (TPSA) is 75.4 Å². The lowest BCUT2D eigenvalue weighted by Crippen LogP contribution is -2.54. The van der Waals surface area contributed by atoms with Crippen molar-refractivity contribution in [2.45, 2.75) is 25.4 Å². The van der Waals surface area contributed by atoms with E-state index in [2.05, 4.69) is 5.32 Å². The summed E-state index contributed by atoms with van der Waals surface area (Å²) in [4.78, 5) is 25.6. The predicted octanol–water partition coefficient (Wildman–Crippen LogP) is 2.51. The van der Waals surface area contributed by atoms with Gasteiger partial charge in [0.2, 0.25) is 0 Å². The van der Waals surface area contributed by atoms with E-state index in [-0.39, 0.29) is 18.4 Å². The third kappa shape index (κ3) is 2.95. The van der Waals surface area contributed by atoms with E-state index in [0.717, 1.165) is 11.1 Å². The lowest BCUT2D eigenvalue weighted by atomic mass is 9.94. The van der Waals surface area contributed by atoms with Crippen molar-refractivity contribution in [3.63, 3.8) is 0 Å². The number of nitrogens with one attached hydrogen (secondary N) is 1. The largest absolute Gasteiger partial charge is 0.352 e. The first-order chi connectivity index (χ1) is 11.5. The molecular formula is C18H18FN3O2. The van der Waals surface area contributed by atoms with Gasteiger partial charge in [0.15, 0.2) is 0 Å². The Balaban J connectivity index is 2.06. The first-order valence-electron chi connectivity index (χ1n) is 7.70. The zero-order valence-corrected chi connectivity index (χ0v) is 13.2. The third-order valence-electron chi connectivity index (χ3n) is 4.25. The number of fused-ring (bicyclic) bond motifs is 1. The molecule has 2 atom stereocenters. The standard InChI is InChI=1S/C18H18FN3O2/c1-11(12-5-3-2-4-6-12)22-16-10-14(19)8-7-13(16)9-15(17(22)23)21-18(20)24/h2-8,10-11,15H,9H2,1H3,(H3,20,21,24)/t11-,15+/m0/s1. The lowest BCUT2D eigenvalue weighted by Gasteiger charge is -2.38. The summed E-state index contributed by atoms with van der Waals surface area (Å²) in [5.41, 5.74) is 7.41. The molecule has 3 N–H and O–H groups in total. The molecule has 1 aliphatic rings. The molecule has 3 amide bonds. The number of hydrogen-bond donors (Lipinski definition) is 2. The number of benzene rings is 2. The van der Waals surface area contributed by atoms with E-state index < -0.39 is 17.9 Å². The molecule has 0 aliphatic carbocycles.